The second kappa shape index (κ2) is 9.65. The second-order valence-electron chi connectivity index (χ2n) is 8.12. The maximum absolute atomic E-state index is 13.6. The molecule has 7 heteroatoms. The highest BCUT2D eigenvalue weighted by Crippen LogP contribution is 2.38. The third-order valence-electron chi connectivity index (χ3n) is 5.75. The van der Waals surface area contributed by atoms with Crippen LogP contribution in [0.2, 0.25) is 10.0 Å². The van der Waals surface area contributed by atoms with Crippen molar-refractivity contribution in [3.63, 3.8) is 0 Å². The van der Waals surface area contributed by atoms with E-state index in [2.05, 4.69) is 11.4 Å². The Morgan fingerprint density at radius 3 is 2.28 bits per heavy atom. The first-order valence-electron chi connectivity index (χ1n) is 10.5. The second-order valence-corrected chi connectivity index (χ2v) is 10.00. The van der Waals surface area contributed by atoms with Crippen LogP contribution in [0.3, 0.4) is 0 Å². The molecule has 1 atom stereocenters. The number of amides is 2. The lowest BCUT2D eigenvalue weighted by Crippen LogP contribution is -2.48. The average molecular weight is 487 g/mol. The standard InChI is InChI=1S/C25H24Cl2N2O2S/c1-16(2)29(25(31)18-5-9-20(27)10-6-18)15-23(30)28-13-11-22-21(12-14-32-22)24(28)17-3-7-19(26)8-4-17/h3-10,12,14,16,24H,11,13,15H2,1-2H3. The van der Waals surface area contributed by atoms with Crippen LogP contribution in [0.25, 0.3) is 0 Å². The Morgan fingerprint density at radius 2 is 1.66 bits per heavy atom. The summed E-state index contributed by atoms with van der Waals surface area (Å²) in [5, 5.41) is 3.30. The molecular formula is C25H24Cl2N2O2S. The van der Waals surface area contributed by atoms with Crippen LogP contribution in [-0.4, -0.2) is 40.7 Å². The van der Waals surface area contributed by atoms with Crippen molar-refractivity contribution >= 4 is 46.4 Å². The molecule has 2 heterocycles. The minimum absolute atomic E-state index is 0.0166. The number of thiophene rings is 1. The Kier molecular flexibility index (Phi) is 6.89. The predicted octanol–water partition coefficient (Wildman–Crippen LogP) is 6.08. The number of rotatable bonds is 5. The summed E-state index contributed by atoms with van der Waals surface area (Å²) < 4.78 is 0. The van der Waals surface area contributed by atoms with Gasteiger partial charge in [-0.25, -0.2) is 0 Å². The monoisotopic (exact) mass is 486 g/mol. The highest BCUT2D eigenvalue weighted by atomic mass is 35.5. The van der Waals surface area contributed by atoms with E-state index < -0.39 is 0 Å². The number of halogens is 2. The summed E-state index contributed by atoms with van der Waals surface area (Å²) in [5.74, 6) is -0.251. The van der Waals surface area contributed by atoms with Crippen LogP contribution in [0.5, 0.6) is 0 Å². The van der Waals surface area contributed by atoms with Crippen LogP contribution in [0.15, 0.2) is 60.0 Å². The highest BCUT2D eigenvalue weighted by molar-refractivity contribution is 7.10. The highest BCUT2D eigenvalue weighted by Gasteiger charge is 2.34. The maximum Gasteiger partial charge on any atom is 0.254 e. The van der Waals surface area contributed by atoms with Crippen molar-refractivity contribution in [2.24, 2.45) is 0 Å². The molecule has 0 saturated heterocycles. The van der Waals surface area contributed by atoms with E-state index in [1.54, 1.807) is 40.5 Å². The molecule has 0 bridgehead atoms. The van der Waals surface area contributed by atoms with Crippen molar-refractivity contribution in [2.75, 3.05) is 13.1 Å². The molecule has 166 valence electrons. The molecular weight excluding hydrogens is 463 g/mol. The molecule has 2 amide bonds. The zero-order valence-corrected chi connectivity index (χ0v) is 20.3. The number of carbonyl (C=O) groups excluding carboxylic acids is 2. The Balaban J connectivity index is 1.61. The van der Waals surface area contributed by atoms with Crippen molar-refractivity contribution in [1.29, 1.82) is 0 Å². The summed E-state index contributed by atoms with van der Waals surface area (Å²) in [4.78, 5) is 31.5. The molecule has 32 heavy (non-hydrogen) atoms. The first kappa shape index (κ1) is 22.8. The van der Waals surface area contributed by atoms with Crippen LogP contribution < -0.4 is 0 Å². The van der Waals surface area contributed by atoms with Gasteiger partial charge in [-0.15, -0.1) is 11.3 Å². The van der Waals surface area contributed by atoms with Crippen LogP contribution in [0, 0.1) is 0 Å². The van der Waals surface area contributed by atoms with Crippen LogP contribution in [-0.2, 0) is 11.2 Å². The molecule has 4 nitrogen and oxygen atoms in total. The summed E-state index contributed by atoms with van der Waals surface area (Å²) in [6.07, 6.45) is 0.815. The van der Waals surface area contributed by atoms with Crippen molar-refractivity contribution in [3.8, 4) is 0 Å². The van der Waals surface area contributed by atoms with E-state index in [9.17, 15) is 9.59 Å². The molecule has 0 N–H and O–H groups in total. The van der Waals surface area contributed by atoms with Crippen LogP contribution in [0.1, 0.15) is 46.3 Å². The van der Waals surface area contributed by atoms with Gasteiger partial charge in [0, 0.05) is 33.1 Å². The Bertz CT molecular complexity index is 1110. The van der Waals surface area contributed by atoms with E-state index in [-0.39, 0.29) is 30.4 Å². The Hall–Kier alpha value is -2.34. The quantitative estimate of drug-likeness (QED) is 0.438. The summed E-state index contributed by atoms with van der Waals surface area (Å²) in [6, 6.07) is 16.2. The van der Waals surface area contributed by atoms with E-state index in [4.69, 9.17) is 23.2 Å². The van der Waals surface area contributed by atoms with Gasteiger partial charge in [-0.2, -0.15) is 0 Å². The van der Waals surface area contributed by atoms with E-state index in [0.717, 1.165) is 17.5 Å². The third kappa shape index (κ3) is 4.70. The number of carbonyl (C=O) groups is 2. The van der Waals surface area contributed by atoms with Crippen molar-refractivity contribution in [2.45, 2.75) is 32.4 Å². The molecule has 0 radical (unpaired) electrons. The first-order valence-corrected chi connectivity index (χ1v) is 12.2. The van der Waals surface area contributed by atoms with Gasteiger partial charge >= 0.3 is 0 Å². The van der Waals surface area contributed by atoms with Crippen LogP contribution >= 0.6 is 34.5 Å². The van der Waals surface area contributed by atoms with Crippen molar-refractivity contribution in [3.05, 3.63) is 91.6 Å². The van der Waals surface area contributed by atoms with Gasteiger partial charge in [-0.3, -0.25) is 9.59 Å². The van der Waals surface area contributed by atoms with Gasteiger partial charge in [-0.1, -0.05) is 35.3 Å². The molecule has 1 aliphatic rings. The first-order chi connectivity index (χ1) is 15.3. The lowest BCUT2D eigenvalue weighted by Gasteiger charge is -2.38. The molecule has 1 aliphatic heterocycles. The Morgan fingerprint density at radius 1 is 1.03 bits per heavy atom. The predicted molar refractivity (Wildman–Crippen MR) is 131 cm³/mol. The van der Waals surface area contributed by atoms with E-state index in [1.165, 1.54) is 4.88 Å². The maximum atomic E-state index is 13.6. The zero-order valence-electron chi connectivity index (χ0n) is 17.9. The fourth-order valence-electron chi connectivity index (χ4n) is 4.07. The summed E-state index contributed by atoms with van der Waals surface area (Å²) in [6.45, 7) is 4.47. The number of hydrogen-bond donors (Lipinski definition) is 0. The zero-order chi connectivity index (χ0) is 22.8. The number of nitrogens with zero attached hydrogens (tertiary/aromatic N) is 2. The molecule has 1 aromatic heterocycles. The Labute approximate surface area is 202 Å². The molecule has 3 aromatic rings. The van der Waals surface area contributed by atoms with Gasteiger partial charge in [0.1, 0.15) is 6.54 Å². The van der Waals surface area contributed by atoms with Gasteiger partial charge in [0.25, 0.3) is 5.91 Å². The lowest BCUT2D eigenvalue weighted by atomic mass is 9.93. The normalized spacial score (nSPS) is 15.5. The van der Waals surface area contributed by atoms with E-state index in [0.29, 0.717) is 22.2 Å². The summed E-state index contributed by atoms with van der Waals surface area (Å²) in [5.41, 5.74) is 2.68. The largest absolute Gasteiger partial charge is 0.330 e. The third-order valence-corrected chi connectivity index (χ3v) is 7.25. The van der Waals surface area contributed by atoms with Crippen molar-refractivity contribution < 1.29 is 9.59 Å². The van der Waals surface area contributed by atoms with Crippen LogP contribution in [0.4, 0.5) is 0 Å². The minimum Gasteiger partial charge on any atom is -0.330 e. The molecule has 2 aromatic carbocycles. The van der Waals surface area contributed by atoms with Gasteiger partial charge < -0.3 is 9.80 Å². The minimum atomic E-state index is -0.186. The topological polar surface area (TPSA) is 40.6 Å². The van der Waals surface area contributed by atoms with Gasteiger partial charge in [0.2, 0.25) is 5.91 Å². The van der Waals surface area contributed by atoms with E-state index in [1.807, 2.05) is 43.0 Å². The fourth-order valence-corrected chi connectivity index (χ4v) is 5.23. The van der Waals surface area contributed by atoms with Gasteiger partial charge in [0.05, 0.1) is 6.04 Å². The van der Waals surface area contributed by atoms with Gasteiger partial charge in [0.15, 0.2) is 0 Å². The summed E-state index contributed by atoms with van der Waals surface area (Å²) in [7, 11) is 0. The van der Waals surface area contributed by atoms with Gasteiger partial charge in [-0.05, 0) is 79.2 Å². The SMILES string of the molecule is CC(C)N(CC(=O)N1CCc2sccc2C1c1ccc(Cl)cc1)C(=O)c1ccc(Cl)cc1. The smallest absolute Gasteiger partial charge is 0.254 e. The number of fused-ring (bicyclic) bond motifs is 1. The van der Waals surface area contributed by atoms with E-state index >= 15 is 0 Å². The molecule has 0 spiro atoms. The molecule has 1 unspecified atom stereocenters. The average Bonchev–Trinajstić information content (AvgIpc) is 3.26. The summed E-state index contributed by atoms with van der Waals surface area (Å²) >= 11 is 13.8. The lowest BCUT2D eigenvalue weighted by molar-refractivity contribution is -0.134. The fraction of sp³-hybridized carbons (Fsp3) is 0.280. The van der Waals surface area contributed by atoms with Crippen molar-refractivity contribution in [1.82, 2.24) is 9.80 Å². The molecule has 0 aliphatic carbocycles. The number of hydrogen-bond acceptors (Lipinski definition) is 3. The molecule has 0 fully saturated rings. The number of benzene rings is 2. The molecule has 0 saturated carbocycles. The molecule has 4 rings (SSSR count).